The molecule has 21 heavy (non-hydrogen) atoms. The highest BCUT2D eigenvalue weighted by molar-refractivity contribution is 5.25. The van der Waals surface area contributed by atoms with E-state index in [2.05, 4.69) is 40.2 Å². The average molecular weight is 280 g/mol. The van der Waals surface area contributed by atoms with Gasteiger partial charge in [-0.3, -0.25) is 4.90 Å². The molecule has 0 fully saturated rings. The van der Waals surface area contributed by atoms with E-state index in [1.54, 1.807) is 6.20 Å². The summed E-state index contributed by atoms with van der Waals surface area (Å²) in [4.78, 5) is 6.36. The number of nitriles is 1. The van der Waals surface area contributed by atoms with E-state index in [4.69, 9.17) is 11.0 Å². The van der Waals surface area contributed by atoms with Gasteiger partial charge < -0.3 is 5.73 Å². The van der Waals surface area contributed by atoms with Crippen LogP contribution < -0.4 is 5.73 Å². The van der Waals surface area contributed by atoms with Gasteiger partial charge in [-0.25, -0.2) is 4.98 Å². The Morgan fingerprint density at radius 1 is 1.10 bits per heavy atom. The summed E-state index contributed by atoms with van der Waals surface area (Å²) < 4.78 is 0. The zero-order valence-electron chi connectivity index (χ0n) is 12.1. The molecule has 0 aliphatic rings. The Morgan fingerprint density at radius 3 is 2.57 bits per heavy atom. The Balaban J connectivity index is 2.06. The van der Waals surface area contributed by atoms with Crippen LogP contribution in [0.2, 0.25) is 0 Å². The summed E-state index contributed by atoms with van der Waals surface area (Å²) >= 11 is 0. The first-order chi connectivity index (χ1) is 10.3. The molecule has 4 heteroatoms. The standard InChI is InChI=1S/C17H20N4/c18-8-4-10-21(13-15-5-2-1-3-6-15)14-16-7-9-20-17(11-16)12-19/h1-3,5-7,9,11H,4,8,10,13-14,18H2. The third kappa shape index (κ3) is 4.99. The van der Waals surface area contributed by atoms with Crippen LogP contribution in [0.15, 0.2) is 48.7 Å². The summed E-state index contributed by atoms with van der Waals surface area (Å²) in [7, 11) is 0. The summed E-state index contributed by atoms with van der Waals surface area (Å²) in [5.74, 6) is 0. The first kappa shape index (κ1) is 15.2. The van der Waals surface area contributed by atoms with Crippen molar-refractivity contribution >= 4 is 0 Å². The Bertz CT molecular complexity index is 589. The SMILES string of the molecule is N#Cc1cc(CN(CCCN)Cc2ccccc2)ccn1. The number of aromatic nitrogens is 1. The molecule has 0 bridgehead atoms. The lowest BCUT2D eigenvalue weighted by molar-refractivity contribution is 0.255. The number of nitrogens with zero attached hydrogens (tertiary/aromatic N) is 3. The van der Waals surface area contributed by atoms with E-state index < -0.39 is 0 Å². The molecule has 1 heterocycles. The van der Waals surface area contributed by atoms with E-state index in [9.17, 15) is 0 Å². The van der Waals surface area contributed by atoms with Gasteiger partial charge in [0.25, 0.3) is 0 Å². The molecule has 0 saturated carbocycles. The van der Waals surface area contributed by atoms with E-state index in [-0.39, 0.29) is 0 Å². The molecule has 0 saturated heterocycles. The summed E-state index contributed by atoms with van der Waals surface area (Å²) in [5.41, 5.74) is 8.48. The Morgan fingerprint density at radius 2 is 1.86 bits per heavy atom. The van der Waals surface area contributed by atoms with Gasteiger partial charge in [0, 0.05) is 25.8 Å². The molecule has 4 nitrogen and oxygen atoms in total. The van der Waals surface area contributed by atoms with Crippen LogP contribution in [-0.4, -0.2) is 23.0 Å². The maximum atomic E-state index is 8.93. The highest BCUT2D eigenvalue weighted by Gasteiger charge is 2.07. The van der Waals surface area contributed by atoms with Crippen LogP contribution in [0.3, 0.4) is 0 Å². The quantitative estimate of drug-likeness (QED) is 0.845. The molecule has 0 amide bonds. The number of rotatable bonds is 7. The van der Waals surface area contributed by atoms with Crippen LogP contribution in [-0.2, 0) is 13.1 Å². The van der Waals surface area contributed by atoms with Crippen molar-refractivity contribution in [1.82, 2.24) is 9.88 Å². The average Bonchev–Trinajstić information content (AvgIpc) is 2.54. The molecular formula is C17H20N4. The summed E-state index contributed by atoms with van der Waals surface area (Å²) in [6, 6.07) is 16.3. The van der Waals surface area contributed by atoms with Crippen LogP contribution in [0.1, 0.15) is 23.2 Å². The minimum absolute atomic E-state index is 0.464. The van der Waals surface area contributed by atoms with E-state index in [0.29, 0.717) is 12.2 Å². The van der Waals surface area contributed by atoms with Crippen LogP contribution in [0.25, 0.3) is 0 Å². The fourth-order valence-corrected chi connectivity index (χ4v) is 2.26. The van der Waals surface area contributed by atoms with Gasteiger partial charge in [0.15, 0.2) is 0 Å². The molecular weight excluding hydrogens is 260 g/mol. The highest BCUT2D eigenvalue weighted by atomic mass is 15.1. The smallest absolute Gasteiger partial charge is 0.140 e. The molecule has 0 aliphatic heterocycles. The zero-order chi connectivity index (χ0) is 14.9. The third-order valence-electron chi connectivity index (χ3n) is 3.27. The number of nitrogens with two attached hydrogens (primary N) is 1. The molecule has 2 aromatic rings. The van der Waals surface area contributed by atoms with Crippen molar-refractivity contribution in [3.63, 3.8) is 0 Å². The fraction of sp³-hybridized carbons (Fsp3) is 0.294. The van der Waals surface area contributed by atoms with Gasteiger partial charge >= 0.3 is 0 Å². The number of hydrogen-bond acceptors (Lipinski definition) is 4. The first-order valence-electron chi connectivity index (χ1n) is 7.13. The molecule has 0 atom stereocenters. The summed E-state index contributed by atoms with van der Waals surface area (Å²) in [5, 5.41) is 8.93. The topological polar surface area (TPSA) is 65.9 Å². The molecule has 1 aromatic carbocycles. The van der Waals surface area contributed by atoms with Crippen LogP contribution in [0.4, 0.5) is 0 Å². The van der Waals surface area contributed by atoms with Crippen molar-refractivity contribution in [3.05, 3.63) is 65.5 Å². The summed E-state index contributed by atoms with van der Waals surface area (Å²) in [6.45, 7) is 3.30. The highest BCUT2D eigenvalue weighted by Crippen LogP contribution is 2.11. The first-order valence-corrected chi connectivity index (χ1v) is 7.13. The Kier molecular flexibility index (Phi) is 5.89. The van der Waals surface area contributed by atoms with Gasteiger partial charge in [-0.15, -0.1) is 0 Å². The van der Waals surface area contributed by atoms with E-state index >= 15 is 0 Å². The van der Waals surface area contributed by atoms with Gasteiger partial charge in [-0.1, -0.05) is 30.3 Å². The number of benzene rings is 1. The van der Waals surface area contributed by atoms with Crippen molar-refractivity contribution in [2.45, 2.75) is 19.5 Å². The van der Waals surface area contributed by atoms with Gasteiger partial charge in [0.1, 0.15) is 11.8 Å². The predicted molar refractivity (Wildman–Crippen MR) is 83.2 cm³/mol. The van der Waals surface area contributed by atoms with Crippen LogP contribution >= 0.6 is 0 Å². The Hall–Kier alpha value is -2.22. The van der Waals surface area contributed by atoms with Crippen molar-refractivity contribution in [3.8, 4) is 6.07 Å². The molecule has 1 aromatic heterocycles. The number of hydrogen-bond donors (Lipinski definition) is 1. The lowest BCUT2D eigenvalue weighted by Gasteiger charge is -2.22. The predicted octanol–water partition coefficient (Wildman–Crippen LogP) is 2.30. The van der Waals surface area contributed by atoms with Crippen molar-refractivity contribution in [1.29, 1.82) is 5.26 Å². The second kappa shape index (κ2) is 8.15. The summed E-state index contributed by atoms with van der Waals surface area (Å²) in [6.07, 6.45) is 2.65. The molecule has 0 spiro atoms. The normalized spacial score (nSPS) is 10.5. The second-order valence-corrected chi connectivity index (χ2v) is 5.00. The van der Waals surface area contributed by atoms with Crippen molar-refractivity contribution in [2.24, 2.45) is 5.73 Å². The molecule has 108 valence electrons. The van der Waals surface area contributed by atoms with Crippen LogP contribution in [0.5, 0.6) is 0 Å². The molecule has 0 aliphatic carbocycles. The minimum atomic E-state index is 0.464. The van der Waals surface area contributed by atoms with E-state index in [0.717, 1.165) is 31.6 Å². The molecule has 0 unspecified atom stereocenters. The Labute approximate surface area is 125 Å². The molecule has 2 rings (SSSR count). The minimum Gasteiger partial charge on any atom is -0.330 e. The third-order valence-corrected chi connectivity index (χ3v) is 3.27. The maximum Gasteiger partial charge on any atom is 0.140 e. The maximum absolute atomic E-state index is 8.93. The second-order valence-electron chi connectivity index (χ2n) is 5.00. The van der Waals surface area contributed by atoms with Crippen LogP contribution in [0, 0.1) is 11.3 Å². The van der Waals surface area contributed by atoms with E-state index in [1.165, 1.54) is 5.56 Å². The van der Waals surface area contributed by atoms with Gasteiger partial charge in [0.05, 0.1) is 0 Å². The molecule has 2 N–H and O–H groups in total. The zero-order valence-corrected chi connectivity index (χ0v) is 12.1. The van der Waals surface area contributed by atoms with E-state index in [1.807, 2.05) is 18.2 Å². The van der Waals surface area contributed by atoms with Gasteiger partial charge in [-0.2, -0.15) is 5.26 Å². The molecule has 0 radical (unpaired) electrons. The fourth-order valence-electron chi connectivity index (χ4n) is 2.26. The van der Waals surface area contributed by atoms with Crippen molar-refractivity contribution in [2.75, 3.05) is 13.1 Å². The van der Waals surface area contributed by atoms with Gasteiger partial charge in [-0.05, 0) is 36.2 Å². The van der Waals surface area contributed by atoms with Gasteiger partial charge in [0.2, 0.25) is 0 Å². The lowest BCUT2D eigenvalue weighted by Crippen LogP contribution is -2.25. The monoisotopic (exact) mass is 280 g/mol. The van der Waals surface area contributed by atoms with Crippen molar-refractivity contribution < 1.29 is 0 Å². The largest absolute Gasteiger partial charge is 0.330 e. The number of pyridine rings is 1. The lowest BCUT2D eigenvalue weighted by atomic mass is 10.1.